The highest BCUT2D eigenvalue weighted by atomic mass is 35.5. The molecular weight excluding hydrogens is 271 g/mol. The van der Waals surface area contributed by atoms with Gasteiger partial charge in [0.05, 0.1) is 10.0 Å². The van der Waals surface area contributed by atoms with Gasteiger partial charge in [-0.1, -0.05) is 34.8 Å². The van der Waals surface area contributed by atoms with Gasteiger partial charge in [-0.3, -0.25) is 0 Å². The molecule has 82 valence electrons. The van der Waals surface area contributed by atoms with Crippen LogP contribution in [0, 0.1) is 5.95 Å². The van der Waals surface area contributed by atoms with E-state index in [9.17, 15) is 4.39 Å². The summed E-state index contributed by atoms with van der Waals surface area (Å²) >= 11 is 17.8. The summed E-state index contributed by atoms with van der Waals surface area (Å²) in [6.45, 7) is 0. The van der Waals surface area contributed by atoms with Gasteiger partial charge in [-0.2, -0.15) is 4.39 Å². The average molecular weight is 277 g/mol. The van der Waals surface area contributed by atoms with Gasteiger partial charge in [-0.15, -0.1) is 0 Å². The smallest absolute Gasteiger partial charge is 0.213 e. The van der Waals surface area contributed by atoms with Gasteiger partial charge in [-0.25, -0.2) is 4.98 Å². The lowest BCUT2D eigenvalue weighted by Crippen LogP contribution is -1.86. The molecule has 0 unspecified atom stereocenters. The lowest BCUT2D eigenvalue weighted by molar-refractivity contribution is 0.584. The minimum atomic E-state index is -0.584. The van der Waals surface area contributed by atoms with Crippen molar-refractivity contribution in [1.82, 2.24) is 4.98 Å². The molecular formula is C11H5Cl3FN. The number of pyridine rings is 1. The highest BCUT2D eigenvalue weighted by Gasteiger charge is 2.10. The number of hydrogen-bond donors (Lipinski definition) is 0. The molecule has 1 aromatic heterocycles. The Morgan fingerprint density at radius 2 is 1.62 bits per heavy atom. The highest BCUT2D eigenvalue weighted by molar-refractivity contribution is 6.41. The van der Waals surface area contributed by atoms with E-state index in [1.54, 1.807) is 18.2 Å². The van der Waals surface area contributed by atoms with Crippen LogP contribution < -0.4 is 0 Å². The fourth-order valence-electron chi connectivity index (χ4n) is 1.38. The fraction of sp³-hybridized carbons (Fsp3) is 0. The summed E-state index contributed by atoms with van der Waals surface area (Å²) < 4.78 is 13.0. The molecule has 0 saturated heterocycles. The lowest BCUT2D eigenvalue weighted by atomic mass is 10.1. The van der Waals surface area contributed by atoms with Crippen LogP contribution in [0.1, 0.15) is 0 Å². The van der Waals surface area contributed by atoms with Crippen molar-refractivity contribution >= 4 is 34.8 Å². The van der Waals surface area contributed by atoms with Crippen LogP contribution >= 0.6 is 34.8 Å². The van der Waals surface area contributed by atoms with Crippen LogP contribution in [-0.2, 0) is 0 Å². The van der Waals surface area contributed by atoms with Crippen molar-refractivity contribution in [3.63, 3.8) is 0 Å². The molecule has 0 radical (unpaired) electrons. The number of aromatic nitrogens is 1. The Bertz CT molecular complexity index is 519. The first kappa shape index (κ1) is 11.6. The first-order valence-electron chi connectivity index (χ1n) is 4.34. The first-order chi connectivity index (χ1) is 7.58. The molecule has 0 fully saturated rings. The van der Waals surface area contributed by atoms with E-state index in [4.69, 9.17) is 34.8 Å². The van der Waals surface area contributed by atoms with E-state index in [2.05, 4.69) is 4.98 Å². The molecule has 0 N–H and O–H groups in total. The van der Waals surface area contributed by atoms with Gasteiger partial charge in [0, 0.05) is 22.8 Å². The fourth-order valence-corrected chi connectivity index (χ4v) is 2.41. The van der Waals surface area contributed by atoms with Crippen molar-refractivity contribution in [2.45, 2.75) is 0 Å². The molecule has 0 spiro atoms. The third-order valence-electron chi connectivity index (χ3n) is 2.02. The Hall–Kier alpha value is -0.830. The van der Waals surface area contributed by atoms with Crippen LogP contribution in [-0.4, -0.2) is 4.98 Å². The molecule has 0 aliphatic rings. The number of benzene rings is 1. The second-order valence-corrected chi connectivity index (χ2v) is 4.36. The summed E-state index contributed by atoms with van der Waals surface area (Å²) in [4.78, 5) is 3.46. The second-order valence-electron chi connectivity index (χ2n) is 3.11. The zero-order valence-corrected chi connectivity index (χ0v) is 10.1. The first-order valence-corrected chi connectivity index (χ1v) is 5.48. The average Bonchev–Trinajstić information content (AvgIpc) is 2.15. The summed E-state index contributed by atoms with van der Waals surface area (Å²) in [6, 6.07) is 6.01. The van der Waals surface area contributed by atoms with Crippen LogP contribution in [0.25, 0.3) is 11.1 Å². The van der Waals surface area contributed by atoms with Gasteiger partial charge in [0.25, 0.3) is 0 Å². The quantitative estimate of drug-likeness (QED) is 0.679. The van der Waals surface area contributed by atoms with Crippen LogP contribution in [0.15, 0.2) is 30.5 Å². The van der Waals surface area contributed by atoms with Gasteiger partial charge >= 0.3 is 0 Å². The molecule has 0 saturated carbocycles. The Kier molecular flexibility index (Phi) is 3.33. The molecule has 0 amide bonds. The van der Waals surface area contributed by atoms with Gasteiger partial charge in [0.15, 0.2) is 0 Å². The Labute approximate surface area is 107 Å². The predicted octanol–water partition coefficient (Wildman–Crippen LogP) is 4.85. The monoisotopic (exact) mass is 275 g/mol. The van der Waals surface area contributed by atoms with E-state index < -0.39 is 5.95 Å². The van der Waals surface area contributed by atoms with Crippen molar-refractivity contribution in [1.29, 1.82) is 0 Å². The van der Waals surface area contributed by atoms with Crippen molar-refractivity contribution in [2.75, 3.05) is 0 Å². The molecule has 16 heavy (non-hydrogen) atoms. The van der Waals surface area contributed by atoms with E-state index in [0.717, 1.165) is 0 Å². The molecule has 0 aliphatic heterocycles. The number of halogens is 4. The van der Waals surface area contributed by atoms with Crippen LogP contribution in [0.5, 0.6) is 0 Å². The van der Waals surface area contributed by atoms with E-state index in [-0.39, 0.29) is 0 Å². The molecule has 0 atom stereocenters. The molecule has 1 nitrogen and oxygen atoms in total. The predicted molar refractivity (Wildman–Crippen MR) is 64.7 cm³/mol. The van der Waals surface area contributed by atoms with Gasteiger partial charge in [0.2, 0.25) is 5.95 Å². The standard InChI is InChI=1S/C11H5Cl3FN/c12-7-4-8(13)11(9(14)5-7)6-1-2-16-10(15)3-6/h1-5H. The maximum absolute atomic E-state index is 13.0. The normalized spacial score (nSPS) is 10.5. The van der Waals surface area contributed by atoms with E-state index in [1.807, 2.05) is 0 Å². The summed E-state index contributed by atoms with van der Waals surface area (Å²) in [7, 11) is 0. The molecule has 1 heterocycles. The number of hydrogen-bond acceptors (Lipinski definition) is 1. The summed E-state index contributed by atoms with van der Waals surface area (Å²) in [5.74, 6) is -0.584. The topological polar surface area (TPSA) is 12.9 Å². The maximum atomic E-state index is 13.0. The number of rotatable bonds is 1. The van der Waals surface area contributed by atoms with E-state index in [1.165, 1.54) is 12.3 Å². The van der Waals surface area contributed by atoms with Crippen molar-refractivity contribution in [3.8, 4) is 11.1 Å². The molecule has 1 aromatic carbocycles. The minimum Gasteiger partial charge on any atom is -0.228 e. The van der Waals surface area contributed by atoms with E-state index in [0.29, 0.717) is 26.2 Å². The highest BCUT2D eigenvalue weighted by Crippen LogP contribution is 2.36. The van der Waals surface area contributed by atoms with Gasteiger partial charge in [-0.05, 0) is 23.8 Å². The third kappa shape index (κ3) is 2.29. The molecule has 0 bridgehead atoms. The van der Waals surface area contributed by atoms with Crippen LogP contribution in [0.2, 0.25) is 15.1 Å². The Balaban J connectivity index is 2.64. The summed E-state index contributed by atoms with van der Waals surface area (Å²) in [5, 5.41) is 1.19. The summed E-state index contributed by atoms with van der Waals surface area (Å²) in [6.07, 6.45) is 1.35. The zero-order valence-electron chi connectivity index (χ0n) is 7.85. The molecule has 5 heteroatoms. The minimum absolute atomic E-state index is 0.378. The van der Waals surface area contributed by atoms with Crippen molar-refractivity contribution in [3.05, 3.63) is 51.5 Å². The molecule has 0 aliphatic carbocycles. The van der Waals surface area contributed by atoms with Crippen molar-refractivity contribution in [2.24, 2.45) is 0 Å². The zero-order chi connectivity index (χ0) is 11.7. The summed E-state index contributed by atoms with van der Waals surface area (Å²) in [5.41, 5.74) is 1.12. The van der Waals surface area contributed by atoms with Gasteiger partial charge in [0.1, 0.15) is 0 Å². The molecule has 2 rings (SSSR count). The lowest BCUT2D eigenvalue weighted by Gasteiger charge is -2.07. The maximum Gasteiger partial charge on any atom is 0.213 e. The van der Waals surface area contributed by atoms with Crippen LogP contribution in [0.4, 0.5) is 4.39 Å². The van der Waals surface area contributed by atoms with E-state index >= 15 is 0 Å². The largest absolute Gasteiger partial charge is 0.228 e. The third-order valence-corrected chi connectivity index (χ3v) is 2.84. The number of nitrogens with zero attached hydrogens (tertiary/aromatic N) is 1. The second kappa shape index (κ2) is 4.58. The SMILES string of the molecule is Fc1cc(-c2c(Cl)cc(Cl)cc2Cl)ccn1. The Morgan fingerprint density at radius 1 is 1.00 bits per heavy atom. The van der Waals surface area contributed by atoms with Crippen molar-refractivity contribution < 1.29 is 4.39 Å². The molecule has 2 aromatic rings. The Morgan fingerprint density at radius 3 is 2.19 bits per heavy atom. The van der Waals surface area contributed by atoms with Crippen LogP contribution in [0.3, 0.4) is 0 Å². The van der Waals surface area contributed by atoms with Gasteiger partial charge < -0.3 is 0 Å².